The van der Waals surface area contributed by atoms with Gasteiger partial charge >= 0.3 is 0 Å². The zero-order valence-electron chi connectivity index (χ0n) is 19.1. The summed E-state index contributed by atoms with van der Waals surface area (Å²) in [6.45, 7) is 10.2. The third-order valence-corrected chi connectivity index (χ3v) is 11.1. The quantitative estimate of drug-likeness (QED) is 0.428. The van der Waals surface area contributed by atoms with Crippen molar-refractivity contribution in [2.24, 2.45) is 46.3 Å². The van der Waals surface area contributed by atoms with Crippen LogP contribution in [0.25, 0.3) is 0 Å². The molecule has 0 heterocycles. The maximum atomic E-state index is 5.87. The van der Waals surface area contributed by atoms with Gasteiger partial charge in [-0.05, 0) is 117 Å². The number of hydrogen-bond donors (Lipinski definition) is 0. The Kier molecular flexibility index (Phi) is 6.29. The van der Waals surface area contributed by atoms with E-state index in [0.29, 0.717) is 10.8 Å². The average Bonchev–Trinajstić information content (AvgIpc) is 3.04. The van der Waals surface area contributed by atoms with Crippen molar-refractivity contribution in [3.8, 4) is 0 Å². The summed E-state index contributed by atoms with van der Waals surface area (Å²) in [6, 6.07) is 0. The maximum absolute atomic E-state index is 5.87. The fraction of sp³-hybridized carbons (Fsp3) is 0.926. The van der Waals surface area contributed by atoms with Crippen LogP contribution >= 0.6 is 11.6 Å². The first kappa shape index (κ1) is 21.3. The molecule has 1 unspecified atom stereocenters. The average molecular weight is 405 g/mol. The molecule has 0 aromatic rings. The Bertz CT molecular complexity index is 579. The highest BCUT2D eigenvalue weighted by molar-refractivity contribution is 6.25. The smallest absolute Gasteiger partial charge is 0.00316 e. The molecule has 0 amide bonds. The Morgan fingerprint density at radius 1 is 0.964 bits per heavy atom. The molecule has 0 nitrogen and oxygen atoms in total. The molecule has 4 aliphatic carbocycles. The van der Waals surface area contributed by atoms with Crippen LogP contribution in [-0.2, 0) is 0 Å². The molecule has 8 atom stereocenters. The van der Waals surface area contributed by atoms with E-state index in [0.717, 1.165) is 35.5 Å². The monoisotopic (exact) mass is 404 g/mol. The van der Waals surface area contributed by atoms with Gasteiger partial charge in [-0.2, -0.15) is 0 Å². The fourth-order valence-corrected chi connectivity index (χ4v) is 9.34. The first-order valence-corrected chi connectivity index (χ1v) is 13.1. The zero-order valence-corrected chi connectivity index (χ0v) is 19.9. The van der Waals surface area contributed by atoms with Crippen molar-refractivity contribution in [2.75, 3.05) is 0 Å². The van der Waals surface area contributed by atoms with Gasteiger partial charge in [0.2, 0.25) is 0 Å². The molecule has 1 heteroatoms. The number of halogens is 1. The largest absolute Gasteiger partial charge is 0.0930 e. The van der Waals surface area contributed by atoms with Gasteiger partial charge in [-0.1, -0.05) is 57.2 Å². The van der Waals surface area contributed by atoms with Gasteiger partial charge in [-0.25, -0.2) is 0 Å². The summed E-state index contributed by atoms with van der Waals surface area (Å²) < 4.78 is 0. The molecule has 0 spiro atoms. The minimum absolute atomic E-state index is 0.635. The highest BCUT2D eigenvalue weighted by Crippen LogP contribution is 2.68. The normalized spacial score (nSPS) is 47.2. The van der Waals surface area contributed by atoms with Gasteiger partial charge in [0.1, 0.15) is 0 Å². The summed E-state index contributed by atoms with van der Waals surface area (Å²) in [7, 11) is 0. The van der Waals surface area contributed by atoms with Crippen LogP contribution in [0, 0.1) is 46.3 Å². The number of fused-ring (bicyclic) bond motifs is 5. The minimum atomic E-state index is 0.635. The predicted molar refractivity (Wildman–Crippen MR) is 122 cm³/mol. The van der Waals surface area contributed by atoms with Gasteiger partial charge in [0, 0.05) is 5.54 Å². The highest BCUT2D eigenvalue weighted by atomic mass is 35.5. The molecule has 0 aromatic carbocycles. The van der Waals surface area contributed by atoms with Gasteiger partial charge in [0.25, 0.3) is 0 Å². The van der Waals surface area contributed by atoms with Crippen LogP contribution in [0.3, 0.4) is 0 Å². The molecule has 0 aliphatic heterocycles. The zero-order chi connectivity index (χ0) is 19.9. The number of allylic oxidation sites excluding steroid dienone is 1. The molecule has 0 saturated heterocycles. The van der Waals surface area contributed by atoms with Crippen molar-refractivity contribution in [1.82, 2.24) is 0 Å². The van der Waals surface area contributed by atoms with E-state index < -0.39 is 0 Å². The molecule has 4 rings (SSSR count). The second-order valence-corrected chi connectivity index (χ2v) is 12.2. The lowest BCUT2D eigenvalue weighted by Gasteiger charge is -2.61. The molecular formula is C27H45Cl. The van der Waals surface area contributed by atoms with Crippen LogP contribution in [0.5, 0.6) is 0 Å². The van der Waals surface area contributed by atoms with Crippen molar-refractivity contribution >= 4 is 11.6 Å². The lowest BCUT2D eigenvalue weighted by atomic mass is 9.44. The summed E-state index contributed by atoms with van der Waals surface area (Å²) in [5.74, 6) is 6.04. The van der Waals surface area contributed by atoms with Crippen LogP contribution in [0.2, 0.25) is 0 Å². The Morgan fingerprint density at radius 3 is 2.54 bits per heavy atom. The first-order chi connectivity index (χ1) is 13.4. The second-order valence-electron chi connectivity index (χ2n) is 12.0. The summed E-state index contributed by atoms with van der Waals surface area (Å²) in [4.78, 5) is 0. The molecule has 0 aromatic heterocycles. The van der Waals surface area contributed by atoms with Gasteiger partial charge in [-0.3, -0.25) is 0 Å². The van der Waals surface area contributed by atoms with Crippen molar-refractivity contribution in [1.29, 1.82) is 0 Å². The summed E-state index contributed by atoms with van der Waals surface area (Å²) in [5, 5.41) is 0. The van der Waals surface area contributed by atoms with Crippen LogP contribution < -0.4 is 0 Å². The summed E-state index contributed by atoms with van der Waals surface area (Å²) >= 11 is 5.87. The Hall–Kier alpha value is 0.0300. The van der Waals surface area contributed by atoms with Crippen LogP contribution in [0.4, 0.5) is 0 Å². The topological polar surface area (TPSA) is 0 Å². The lowest BCUT2D eigenvalue weighted by Crippen LogP contribution is -2.53. The highest BCUT2D eigenvalue weighted by Gasteiger charge is 2.59. The molecule has 160 valence electrons. The van der Waals surface area contributed by atoms with E-state index in [1.54, 1.807) is 24.8 Å². The van der Waals surface area contributed by atoms with Crippen molar-refractivity contribution in [2.45, 2.75) is 111 Å². The predicted octanol–water partition coefficient (Wildman–Crippen LogP) is 8.98. The van der Waals surface area contributed by atoms with Crippen molar-refractivity contribution in [3.63, 3.8) is 0 Å². The van der Waals surface area contributed by atoms with Crippen LogP contribution in [-0.4, -0.2) is 0 Å². The second kappa shape index (κ2) is 8.28. The lowest BCUT2D eigenvalue weighted by molar-refractivity contribution is -0.114. The molecule has 0 bridgehead atoms. The van der Waals surface area contributed by atoms with E-state index in [4.69, 9.17) is 11.6 Å². The van der Waals surface area contributed by atoms with Crippen LogP contribution in [0.1, 0.15) is 111 Å². The molecule has 4 aliphatic rings. The van der Waals surface area contributed by atoms with E-state index >= 15 is 0 Å². The van der Waals surface area contributed by atoms with Gasteiger partial charge in [0.15, 0.2) is 0 Å². The molecule has 4 saturated carbocycles. The van der Waals surface area contributed by atoms with Gasteiger partial charge in [-0.15, -0.1) is 0 Å². The third kappa shape index (κ3) is 3.52. The summed E-state index contributed by atoms with van der Waals surface area (Å²) in [6.07, 6.45) is 19.2. The summed E-state index contributed by atoms with van der Waals surface area (Å²) in [5.41, 5.74) is 4.46. The number of rotatable bonds is 5. The van der Waals surface area contributed by atoms with Gasteiger partial charge in [0.05, 0.1) is 0 Å². The third-order valence-electron chi connectivity index (χ3n) is 10.8. The molecule has 28 heavy (non-hydrogen) atoms. The van der Waals surface area contributed by atoms with Crippen molar-refractivity contribution < 1.29 is 0 Å². The SMILES string of the molecule is CC(=CCl)CCC[C@@H](C)[C@H]1CC[C@H]2[C@@H]3CCC4CCCC[C@]4(C)[C@H]3CC[C@]12C. The Morgan fingerprint density at radius 2 is 1.75 bits per heavy atom. The maximum Gasteiger partial charge on any atom is 0.00316 e. The van der Waals surface area contributed by atoms with E-state index in [-0.39, 0.29) is 0 Å². The minimum Gasteiger partial charge on any atom is -0.0930 e. The van der Waals surface area contributed by atoms with Gasteiger partial charge < -0.3 is 0 Å². The van der Waals surface area contributed by atoms with E-state index in [1.165, 1.54) is 69.8 Å². The number of hydrogen-bond acceptors (Lipinski definition) is 0. The standard InChI is InChI=1S/C27H45Cl/c1-19(18-28)8-7-9-20(2)23-13-14-24-22-12-11-21-10-5-6-16-26(21,3)25(22)15-17-27(23,24)4/h18,20-25H,5-17H2,1-4H3/t20-,21?,22+,23-,24+,25+,26+,27-/m1/s1. The molecule has 0 radical (unpaired) electrons. The molecule has 0 N–H and O–H groups in total. The van der Waals surface area contributed by atoms with E-state index in [1.807, 2.05) is 0 Å². The van der Waals surface area contributed by atoms with Crippen LogP contribution in [0.15, 0.2) is 11.1 Å². The Labute approximate surface area is 180 Å². The van der Waals surface area contributed by atoms with E-state index in [9.17, 15) is 0 Å². The molecule has 4 fully saturated rings. The van der Waals surface area contributed by atoms with E-state index in [2.05, 4.69) is 27.7 Å². The Balaban J connectivity index is 1.44. The fourth-order valence-electron chi connectivity index (χ4n) is 9.23. The van der Waals surface area contributed by atoms with Crippen molar-refractivity contribution in [3.05, 3.63) is 11.1 Å². The first-order valence-electron chi connectivity index (χ1n) is 12.7. The molecular weight excluding hydrogens is 360 g/mol.